The van der Waals surface area contributed by atoms with Crippen molar-refractivity contribution in [2.75, 3.05) is 33.7 Å². The second-order valence-electron chi connectivity index (χ2n) is 8.80. The Bertz CT molecular complexity index is 1060. The highest BCUT2D eigenvalue weighted by Gasteiger charge is 2.35. The molecule has 3 aromatic heterocycles. The average Bonchev–Trinajstić information content (AvgIpc) is 3.28. The number of furan rings is 1. The molecule has 0 bridgehead atoms. The lowest BCUT2D eigenvalue weighted by atomic mass is 9.98. The SMILES string of the molecule is CN1CCCC(CN(C)C(=O)c2cnn(-c3nccc(-c4ccco4)n3)c2C2CC2)C1. The first kappa shape index (κ1) is 19.9. The second-order valence-corrected chi connectivity index (χ2v) is 8.80. The van der Waals surface area contributed by atoms with E-state index < -0.39 is 0 Å². The molecule has 1 unspecified atom stereocenters. The van der Waals surface area contributed by atoms with Crippen molar-refractivity contribution < 1.29 is 9.21 Å². The lowest BCUT2D eigenvalue weighted by Crippen LogP contribution is -2.40. The topological polar surface area (TPSA) is 80.3 Å². The van der Waals surface area contributed by atoms with Gasteiger partial charge in [0.15, 0.2) is 5.76 Å². The Morgan fingerprint density at radius 3 is 2.90 bits per heavy atom. The number of amides is 1. The van der Waals surface area contributed by atoms with Crippen molar-refractivity contribution in [3.05, 3.63) is 48.1 Å². The van der Waals surface area contributed by atoms with E-state index in [4.69, 9.17) is 4.42 Å². The number of likely N-dealkylation sites (tertiary alicyclic amines) is 1. The van der Waals surface area contributed by atoms with Gasteiger partial charge in [0.05, 0.1) is 23.7 Å². The van der Waals surface area contributed by atoms with Gasteiger partial charge in [-0.25, -0.2) is 14.6 Å². The van der Waals surface area contributed by atoms with Crippen molar-refractivity contribution in [2.24, 2.45) is 5.92 Å². The highest BCUT2D eigenvalue weighted by atomic mass is 16.3. The molecule has 4 heterocycles. The Morgan fingerprint density at radius 1 is 1.29 bits per heavy atom. The first-order valence-corrected chi connectivity index (χ1v) is 11.0. The Kier molecular flexibility index (Phi) is 5.31. The second kappa shape index (κ2) is 8.26. The molecule has 1 atom stereocenters. The number of piperidine rings is 1. The molecule has 5 rings (SSSR count). The maximum Gasteiger partial charge on any atom is 0.257 e. The van der Waals surface area contributed by atoms with E-state index in [2.05, 4.69) is 27.0 Å². The summed E-state index contributed by atoms with van der Waals surface area (Å²) in [6, 6.07) is 5.50. The fraction of sp³-hybridized carbons (Fsp3) is 0.478. The standard InChI is InChI=1S/C23H28N6O2/c1-27-11-3-5-16(14-27)15-28(2)22(30)18-13-25-29(21(18)17-7-8-17)23-24-10-9-19(26-23)20-6-4-12-31-20/h4,6,9-10,12-13,16-17H,3,5,7-8,11,14-15H2,1-2H3. The van der Waals surface area contributed by atoms with Gasteiger partial charge >= 0.3 is 0 Å². The van der Waals surface area contributed by atoms with E-state index in [0.29, 0.717) is 34.8 Å². The van der Waals surface area contributed by atoms with Gasteiger partial charge in [0, 0.05) is 32.3 Å². The molecule has 1 aliphatic heterocycles. The van der Waals surface area contributed by atoms with Crippen LogP contribution in [-0.2, 0) is 0 Å². The first-order chi connectivity index (χ1) is 15.1. The molecule has 1 amide bonds. The molecule has 3 aromatic rings. The van der Waals surface area contributed by atoms with Crippen LogP contribution >= 0.6 is 0 Å². The van der Waals surface area contributed by atoms with E-state index in [0.717, 1.165) is 38.2 Å². The van der Waals surface area contributed by atoms with E-state index >= 15 is 0 Å². The number of rotatable bonds is 6. The first-order valence-electron chi connectivity index (χ1n) is 11.0. The molecule has 0 radical (unpaired) electrons. The molecule has 1 aliphatic carbocycles. The number of carbonyl (C=O) groups is 1. The van der Waals surface area contributed by atoms with Gasteiger partial charge in [-0.15, -0.1) is 0 Å². The van der Waals surface area contributed by atoms with Crippen LogP contribution in [0.2, 0.25) is 0 Å². The quantitative estimate of drug-likeness (QED) is 0.609. The molecule has 1 saturated heterocycles. The molecule has 2 aliphatic rings. The van der Waals surface area contributed by atoms with Crippen molar-refractivity contribution in [3.8, 4) is 17.4 Å². The molecule has 2 fully saturated rings. The Labute approximate surface area is 181 Å². The van der Waals surface area contributed by atoms with Crippen LogP contribution in [0.5, 0.6) is 0 Å². The summed E-state index contributed by atoms with van der Waals surface area (Å²) < 4.78 is 7.21. The van der Waals surface area contributed by atoms with Gasteiger partial charge in [-0.05, 0) is 63.4 Å². The summed E-state index contributed by atoms with van der Waals surface area (Å²) >= 11 is 0. The number of aromatic nitrogens is 4. The largest absolute Gasteiger partial charge is 0.463 e. The Morgan fingerprint density at radius 2 is 2.16 bits per heavy atom. The Hall–Kier alpha value is -3.00. The highest BCUT2D eigenvalue weighted by Crippen LogP contribution is 2.42. The monoisotopic (exact) mass is 420 g/mol. The van der Waals surface area contributed by atoms with Crippen molar-refractivity contribution in [1.29, 1.82) is 0 Å². The molecular weight excluding hydrogens is 392 g/mol. The zero-order valence-corrected chi connectivity index (χ0v) is 18.1. The van der Waals surface area contributed by atoms with E-state index in [1.54, 1.807) is 23.3 Å². The van der Waals surface area contributed by atoms with Crippen LogP contribution in [0.25, 0.3) is 17.4 Å². The van der Waals surface area contributed by atoms with E-state index in [-0.39, 0.29) is 5.91 Å². The van der Waals surface area contributed by atoms with Crippen LogP contribution in [-0.4, -0.2) is 69.2 Å². The molecule has 0 aromatic carbocycles. The summed E-state index contributed by atoms with van der Waals surface area (Å²) in [5.41, 5.74) is 2.29. The average molecular weight is 421 g/mol. The summed E-state index contributed by atoms with van der Waals surface area (Å²) in [7, 11) is 4.05. The molecule has 8 nitrogen and oxygen atoms in total. The van der Waals surface area contributed by atoms with Gasteiger partial charge in [-0.3, -0.25) is 4.79 Å². The lowest BCUT2D eigenvalue weighted by molar-refractivity contribution is 0.0739. The molecule has 0 spiro atoms. The van der Waals surface area contributed by atoms with E-state index in [1.807, 2.05) is 30.1 Å². The van der Waals surface area contributed by atoms with Crippen LogP contribution in [0.1, 0.15) is 47.7 Å². The fourth-order valence-electron chi connectivity index (χ4n) is 4.54. The summed E-state index contributed by atoms with van der Waals surface area (Å²) in [4.78, 5) is 26.6. The molecule has 8 heteroatoms. The van der Waals surface area contributed by atoms with E-state index in [9.17, 15) is 4.79 Å². The minimum atomic E-state index is 0.0311. The maximum absolute atomic E-state index is 13.4. The molecule has 0 N–H and O–H groups in total. The third-order valence-corrected chi connectivity index (χ3v) is 6.21. The van der Waals surface area contributed by atoms with Gasteiger partial charge in [0.2, 0.25) is 0 Å². The van der Waals surface area contributed by atoms with Gasteiger partial charge in [0.1, 0.15) is 5.69 Å². The third-order valence-electron chi connectivity index (χ3n) is 6.21. The lowest BCUT2D eigenvalue weighted by Gasteiger charge is -2.32. The number of nitrogens with zero attached hydrogens (tertiary/aromatic N) is 6. The molecular formula is C23H28N6O2. The smallest absolute Gasteiger partial charge is 0.257 e. The highest BCUT2D eigenvalue weighted by molar-refractivity contribution is 5.95. The van der Waals surface area contributed by atoms with E-state index in [1.165, 1.54) is 12.8 Å². The van der Waals surface area contributed by atoms with Crippen molar-refractivity contribution in [3.63, 3.8) is 0 Å². The minimum absolute atomic E-state index is 0.0311. The van der Waals surface area contributed by atoms with Gasteiger partial charge in [0.25, 0.3) is 11.9 Å². The van der Waals surface area contributed by atoms with Gasteiger partial charge in [-0.1, -0.05) is 0 Å². The van der Waals surface area contributed by atoms with Crippen molar-refractivity contribution in [1.82, 2.24) is 29.5 Å². The summed E-state index contributed by atoms with van der Waals surface area (Å²) in [5.74, 6) is 2.01. The van der Waals surface area contributed by atoms with Crippen LogP contribution in [0.15, 0.2) is 41.3 Å². The van der Waals surface area contributed by atoms with Crippen LogP contribution in [0, 0.1) is 5.92 Å². The van der Waals surface area contributed by atoms with Gasteiger partial charge in [-0.2, -0.15) is 5.10 Å². The molecule has 1 saturated carbocycles. The Balaban J connectivity index is 1.41. The van der Waals surface area contributed by atoms with Crippen LogP contribution in [0.4, 0.5) is 0 Å². The predicted molar refractivity (Wildman–Crippen MR) is 116 cm³/mol. The molecule has 31 heavy (non-hydrogen) atoms. The summed E-state index contributed by atoms with van der Waals surface area (Å²) in [5, 5.41) is 4.54. The van der Waals surface area contributed by atoms with Gasteiger partial charge < -0.3 is 14.2 Å². The normalized spacial score (nSPS) is 19.5. The zero-order valence-electron chi connectivity index (χ0n) is 18.1. The zero-order chi connectivity index (χ0) is 21.4. The molecule has 162 valence electrons. The maximum atomic E-state index is 13.4. The number of hydrogen-bond donors (Lipinski definition) is 0. The number of hydrogen-bond acceptors (Lipinski definition) is 6. The predicted octanol–water partition coefficient (Wildman–Crippen LogP) is 3.21. The summed E-state index contributed by atoms with van der Waals surface area (Å²) in [6.45, 7) is 2.95. The van der Waals surface area contributed by atoms with Crippen LogP contribution < -0.4 is 0 Å². The summed E-state index contributed by atoms with van der Waals surface area (Å²) in [6.07, 6.45) is 9.48. The number of carbonyl (C=O) groups excluding carboxylic acids is 1. The van der Waals surface area contributed by atoms with Crippen molar-refractivity contribution >= 4 is 5.91 Å². The minimum Gasteiger partial charge on any atom is -0.463 e. The third kappa shape index (κ3) is 4.12. The van der Waals surface area contributed by atoms with Crippen molar-refractivity contribution in [2.45, 2.75) is 31.6 Å². The van der Waals surface area contributed by atoms with Crippen LogP contribution in [0.3, 0.4) is 0 Å². The fourth-order valence-corrected chi connectivity index (χ4v) is 4.54.